The molecule has 2 heterocycles. The number of hydrogen-bond donors (Lipinski definition) is 1. The van der Waals surface area contributed by atoms with Crippen LogP contribution in [0.25, 0.3) is 0 Å². The zero-order chi connectivity index (χ0) is 13.0. The second-order valence-electron chi connectivity index (χ2n) is 5.15. The lowest BCUT2D eigenvalue weighted by Crippen LogP contribution is -2.56. The van der Waals surface area contributed by atoms with Gasteiger partial charge in [0.15, 0.2) is 0 Å². The Morgan fingerprint density at radius 2 is 2.11 bits per heavy atom. The Balaban J connectivity index is 1.88. The fourth-order valence-corrected chi connectivity index (χ4v) is 2.65. The number of nitrogens with zero attached hydrogens (tertiary/aromatic N) is 2. The Morgan fingerprint density at radius 1 is 1.39 bits per heavy atom. The summed E-state index contributed by atoms with van der Waals surface area (Å²) in [5, 5.41) is 3.28. The lowest BCUT2D eigenvalue weighted by molar-refractivity contribution is -0.140. The molecular formula is C13H25N3O2. The van der Waals surface area contributed by atoms with Crippen LogP contribution in [0.2, 0.25) is 0 Å². The summed E-state index contributed by atoms with van der Waals surface area (Å²) in [6.45, 7) is 10.2. The Bertz CT molecular complexity index is 279. The van der Waals surface area contributed by atoms with Crippen LogP contribution >= 0.6 is 0 Å². The van der Waals surface area contributed by atoms with E-state index in [1.54, 1.807) is 0 Å². The van der Waals surface area contributed by atoms with Gasteiger partial charge in [0.05, 0.1) is 18.8 Å². The number of carbonyl (C=O) groups excluding carboxylic acids is 1. The van der Waals surface area contributed by atoms with Crippen molar-refractivity contribution >= 4 is 5.91 Å². The summed E-state index contributed by atoms with van der Waals surface area (Å²) < 4.78 is 5.66. The van der Waals surface area contributed by atoms with Crippen LogP contribution < -0.4 is 5.32 Å². The van der Waals surface area contributed by atoms with E-state index in [1.165, 1.54) is 0 Å². The van der Waals surface area contributed by atoms with Gasteiger partial charge in [-0.3, -0.25) is 9.69 Å². The van der Waals surface area contributed by atoms with Crippen molar-refractivity contribution in [1.82, 2.24) is 15.1 Å². The lowest BCUT2D eigenvalue weighted by atomic mass is 10.1. The van der Waals surface area contributed by atoms with Crippen LogP contribution in [0.4, 0.5) is 0 Å². The number of nitrogens with one attached hydrogen (secondary N) is 1. The molecule has 0 aromatic heterocycles. The van der Waals surface area contributed by atoms with Crippen molar-refractivity contribution in [3.8, 4) is 0 Å². The average Bonchev–Trinajstić information content (AvgIpc) is 2.46. The maximum absolute atomic E-state index is 12.4. The van der Waals surface area contributed by atoms with E-state index < -0.39 is 0 Å². The molecule has 0 saturated carbocycles. The van der Waals surface area contributed by atoms with Gasteiger partial charge in [0.1, 0.15) is 0 Å². The summed E-state index contributed by atoms with van der Waals surface area (Å²) in [4.78, 5) is 16.7. The Kier molecular flexibility index (Phi) is 4.97. The van der Waals surface area contributed by atoms with E-state index >= 15 is 0 Å². The van der Waals surface area contributed by atoms with Crippen molar-refractivity contribution < 1.29 is 9.53 Å². The number of piperazine rings is 1. The molecule has 2 fully saturated rings. The van der Waals surface area contributed by atoms with Crippen molar-refractivity contribution in [3.63, 3.8) is 0 Å². The third-order valence-corrected chi connectivity index (χ3v) is 3.96. The molecular weight excluding hydrogens is 230 g/mol. The van der Waals surface area contributed by atoms with Crippen LogP contribution in [-0.2, 0) is 9.53 Å². The summed E-state index contributed by atoms with van der Waals surface area (Å²) in [6.07, 6.45) is 1.31. The maximum atomic E-state index is 12.4. The molecule has 104 valence electrons. The van der Waals surface area contributed by atoms with E-state index in [-0.39, 0.29) is 18.1 Å². The molecule has 18 heavy (non-hydrogen) atoms. The molecule has 2 aliphatic heterocycles. The van der Waals surface area contributed by atoms with Crippen LogP contribution in [0, 0.1) is 0 Å². The molecule has 1 N–H and O–H groups in total. The maximum Gasteiger partial charge on any atom is 0.239 e. The number of morpholine rings is 1. The molecule has 2 aliphatic rings. The third kappa shape index (κ3) is 3.22. The summed E-state index contributed by atoms with van der Waals surface area (Å²) in [7, 11) is 0. The van der Waals surface area contributed by atoms with Gasteiger partial charge in [0, 0.05) is 39.3 Å². The minimum absolute atomic E-state index is 0.0129. The van der Waals surface area contributed by atoms with Crippen molar-refractivity contribution in [1.29, 1.82) is 0 Å². The van der Waals surface area contributed by atoms with Crippen LogP contribution in [0.15, 0.2) is 0 Å². The van der Waals surface area contributed by atoms with Gasteiger partial charge in [-0.05, 0) is 13.3 Å². The van der Waals surface area contributed by atoms with E-state index in [0.717, 1.165) is 52.3 Å². The van der Waals surface area contributed by atoms with Crippen molar-refractivity contribution in [2.75, 3.05) is 45.9 Å². The minimum Gasteiger partial charge on any atom is -0.376 e. The second-order valence-corrected chi connectivity index (χ2v) is 5.15. The van der Waals surface area contributed by atoms with E-state index in [0.29, 0.717) is 0 Å². The summed E-state index contributed by atoms with van der Waals surface area (Å²) in [5.41, 5.74) is 0. The number of ether oxygens (including phenoxy) is 1. The first kappa shape index (κ1) is 13.8. The molecule has 0 aromatic carbocycles. The van der Waals surface area contributed by atoms with Crippen molar-refractivity contribution in [2.45, 2.75) is 32.4 Å². The predicted octanol–water partition coefficient (Wildman–Crippen LogP) is -0.0825. The molecule has 0 spiro atoms. The molecule has 2 rings (SSSR count). The van der Waals surface area contributed by atoms with Crippen LogP contribution in [-0.4, -0.2) is 73.7 Å². The van der Waals surface area contributed by atoms with E-state index in [9.17, 15) is 4.79 Å². The zero-order valence-corrected chi connectivity index (χ0v) is 11.5. The van der Waals surface area contributed by atoms with Crippen molar-refractivity contribution in [3.05, 3.63) is 0 Å². The topological polar surface area (TPSA) is 44.8 Å². The van der Waals surface area contributed by atoms with E-state index in [2.05, 4.69) is 17.1 Å². The lowest BCUT2D eigenvalue weighted by Gasteiger charge is -2.38. The van der Waals surface area contributed by atoms with Gasteiger partial charge in [-0.25, -0.2) is 0 Å². The van der Waals surface area contributed by atoms with Crippen LogP contribution in [0.1, 0.15) is 20.3 Å². The van der Waals surface area contributed by atoms with Gasteiger partial charge in [-0.1, -0.05) is 6.92 Å². The number of rotatable bonds is 3. The highest BCUT2D eigenvalue weighted by Gasteiger charge is 2.30. The first-order valence-electron chi connectivity index (χ1n) is 7.07. The summed E-state index contributed by atoms with van der Waals surface area (Å²) >= 11 is 0. The molecule has 0 bridgehead atoms. The SMILES string of the molecule is CCC1CN(C(C)C(=O)N2CCNCC2)CCO1. The molecule has 2 atom stereocenters. The van der Waals surface area contributed by atoms with Gasteiger partial charge in [0.25, 0.3) is 0 Å². The molecule has 0 radical (unpaired) electrons. The average molecular weight is 255 g/mol. The third-order valence-electron chi connectivity index (χ3n) is 3.96. The smallest absolute Gasteiger partial charge is 0.239 e. The monoisotopic (exact) mass is 255 g/mol. The Morgan fingerprint density at radius 3 is 2.78 bits per heavy atom. The number of amides is 1. The molecule has 0 aromatic rings. The largest absolute Gasteiger partial charge is 0.376 e. The molecule has 5 nitrogen and oxygen atoms in total. The molecule has 0 aliphatic carbocycles. The van der Waals surface area contributed by atoms with Gasteiger partial charge >= 0.3 is 0 Å². The van der Waals surface area contributed by atoms with E-state index in [4.69, 9.17) is 4.74 Å². The normalized spacial score (nSPS) is 28.1. The van der Waals surface area contributed by atoms with Crippen molar-refractivity contribution in [2.24, 2.45) is 0 Å². The highest BCUT2D eigenvalue weighted by atomic mass is 16.5. The van der Waals surface area contributed by atoms with Crippen LogP contribution in [0.5, 0.6) is 0 Å². The van der Waals surface area contributed by atoms with Gasteiger partial charge in [0.2, 0.25) is 5.91 Å². The fourth-order valence-electron chi connectivity index (χ4n) is 2.65. The van der Waals surface area contributed by atoms with Gasteiger partial charge in [-0.2, -0.15) is 0 Å². The quantitative estimate of drug-likeness (QED) is 0.766. The molecule has 1 amide bonds. The standard InChI is InChI=1S/C13H25N3O2/c1-3-12-10-16(8-9-18-12)11(2)13(17)15-6-4-14-5-7-15/h11-12,14H,3-10H2,1-2H3. The summed E-state index contributed by atoms with van der Waals surface area (Å²) in [6, 6.07) is -0.0129. The first-order chi connectivity index (χ1) is 8.72. The first-order valence-corrected chi connectivity index (χ1v) is 7.07. The highest BCUT2D eigenvalue weighted by Crippen LogP contribution is 2.13. The minimum atomic E-state index is -0.0129. The number of hydrogen-bond acceptors (Lipinski definition) is 4. The Labute approximate surface area is 109 Å². The number of carbonyl (C=O) groups is 1. The predicted molar refractivity (Wildman–Crippen MR) is 70.5 cm³/mol. The van der Waals surface area contributed by atoms with E-state index in [1.807, 2.05) is 11.8 Å². The molecule has 2 saturated heterocycles. The Hall–Kier alpha value is -0.650. The molecule has 2 unspecified atom stereocenters. The second kappa shape index (κ2) is 6.50. The van der Waals surface area contributed by atoms with Gasteiger partial charge in [-0.15, -0.1) is 0 Å². The van der Waals surface area contributed by atoms with Crippen LogP contribution in [0.3, 0.4) is 0 Å². The zero-order valence-electron chi connectivity index (χ0n) is 11.5. The molecule has 5 heteroatoms. The highest BCUT2D eigenvalue weighted by molar-refractivity contribution is 5.81. The van der Waals surface area contributed by atoms with Gasteiger partial charge < -0.3 is 15.0 Å². The summed E-state index contributed by atoms with van der Waals surface area (Å²) in [5.74, 6) is 0.272. The fraction of sp³-hybridized carbons (Fsp3) is 0.923.